The van der Waals surface area contributed by atoms with Crippen LogP contribution in [0.3, 0.4) is 0 Å². The van der Waals surface area contributed by atoms with Crippen LogP contribution >= 0.6 is 44.1 Å². The Morgan fingerprint density at radius 1 is 1.27 bits per heavy atom. The van der Waals surface area contributed by atoms with Crippen LogP contribution in [0.15, 0.2) is 45.3 Å². The number of para-hydroxylation sites is 1. The molecule has 0 bridgehead atoms. The monoisotopic (exact) mass is 498 g/mol. The van der Waals surface area contributed by atoms with Gasteiger partial charge >= 0.3 is 0 Å². The van der Waals surface area contributed by atoms with Gasteiger partial charge in [-0.05, 0) is 64.2 Å². The zero-order chi connectivity index (χ0) is 19.3. The van der Waals surface area contributed by atoms with Crippen LogP contribution in [0.5, 0.6) is 5.75 Å². The molecule has 0 heterocycles. The van der Waals surface area contributed by atoms with Crippen LogP contribution in [0.2, 0.25) is 0 Å². The molecule has 0 radical (unpaired) electrons. The van der Waals surface area contributed by atoms with Crippen LogP contribution in [0.1, 0.15) is 42.1 Å². The fraction of sp³-hybridized carbons (Fsp3) is 0.263. The zero-order valence-electron chi connectivity index (χ0n) is 14.7. The molecule has 2 aromatic rings. The van der Waals surface area contributed by atoms with Crippen molar-refractivity contribution >= 4 is 60.8 Å². The Hall–Kier alpha value is -1.44. The number of carbonyl (C=O) groups is 1. The number of ether oxygens (including phenoxy) is 1. The highest BCUT2D eigenvalue weighted by Gasteiger charge is 2.18. The second kappa shape index (κ2) is 9.48. The van der Waals surface area contributed by atoms with E-state index in [2.05, 4.69) is 62.4 Å². The van der Waals surface area contributed by atoms with E-state index in [-0.39, 0.29) is 11.0 Å². The van der Waals surface area contributed by atoms with Crippen LogP contribution in [0.25, 0.3) is 0 Å². The Morgan fingerprint density at radius 3 is 2.62 bits per heavy atom. The Morgan fingerprint density at radius 2 is 1.96 bits per heavy atom. The fourth-order valence-electron chi connectivity index (χ4n) is 2.52. The number of hydrogen-bond acceptors (Lipinski definition) is 3. The molecule has 1 amide bonds. The summed E-state index contributed by atoms with van der Waals surface area (Å²) in [5.74, 6) is 0.495. The van der Waals surface area contributed by atoms with Crippen molar-refractivity contribution in [3.05, 3.63) is 56.5 Å². The van der Waals surface area contributed by atoms with E-state index in [1.165, 1.54) is 7.11 Å². The van der Waals surface area contributed by atoms with E-state index in [1.807, 2.05) is 24.3 Å². The number of methoxy groups -OCH3 is 1. The molecule has 0 aliphatic heterocycles. The van der Waals surface area contributed by atoms with Gasteiger partial charge in [-0.15, -0.1) is 0 Å². The predicted molar refractivity (Wildman–Crippen MR) is 117 cm³/mol. The molecule has 26 heavy (non-hydrogen) atoms. The highest BCUT2D eigenvalue weighted by atomic mass is 79.9. The second-order valence-corrected chi connectivity index (χ2v) is 7.95. The molecule has 0 spiro atoms. The molecule has 2 N–H and O–H groups in total. The Kier molecular flexibility index (Phi) is 7.61. The molecule has 0 saturated heterocycles. The molecule has 2 rings (SSSR count). The molecule has 0 fully saturated rings. The van der Waals surface area contributed by atoms with Crippen molar-refractivity contribution in [2.24, 2.45) is 0 Å². The topological polar surface area (TPSA) is 50.4 Å². The lowest BCUT2D eigenvalue weighted by atomic mass is 9.97. The first-order valence-electron chi connectivity index (χ1n) is 8.11. The van der Waals surface area contributed by atoms with E-state index in [1.54, 1.807) is 6.07 Å². The number of halogens is 2. The van der Waals surface area contributed by atoms with E-state index in [0.29, 0.717) is 21.7 Å². The van der Waals surface area contributed by atoms with Gasteiger partial charge in [0, 0.05) is 10.2 Å². The SMILES string of the molecule is CCC(C)c1ccccc1NC(=S)NC(=O)c1cc(Br)cc(Br)c1OC. The van der Waals surface area contributed by atoms with Gasteiger partial charge in [-0.3, -0.25) is 10.1 Å². The number of amides is 1. The number of benzene rings is 2. The molecule has 0 saturated carbocycles. The molecule has 1 unspecified atom stereocenters. The molecule has 2 aromatic carbocycles. The Labute approximate surface area is 176 Å². The Balaban J connectivity index is 2.18. The lowest BCUT2D eigenvalue weighted by molar-refractivity contribution is 0.0974. The summed E-state index contributed by atoms with van der Waals surface area (Å²) >= 11 is 12.1. The van der Waals surface area contributed by atoms with Crippen molar-refractivity contribution in [2.45, 2.75) is 26.2 Å². The molecule has 0 aliphatic rings. The molecular weight excluding hydrogens is 480 g/mol. The van der Waals surface area contributed by atoms with Gasteiger partial charge in [-0.25, -0.2) is 0 Å². The first-order valence-corrected chi connectivity index (χ1v) is 10.1. The number of anilines is 1. The summed E-state index contributed by atoms with van der Waals surface area (Å²) in [6.45, 7) is 4.30. The minimum atomic E-state index is -0.345. The van der Waals surface area contributed by atoms with E-state index < -0.39 is 0 Å². The smallest absolute Gasteiger partial charge is 0.261 e. The summed E-state index contributed by atoms with van der Waals surface area (Å²) < 4.78 is 6.77. The van der Waals surface area contributed by atoms with Crippen molar-refractivity contribution < 1.29 is 9.53 Å². The maximum atomic E-state index is 12.6. The van der Waals surface area contributed by atoms with E-state index >= 15 is 0 Å². The number of hydrogen-bond donors (Lipinski definition) is 2. The van der Waals surface area contributed by atoms with Crippen molar-refractivity contribution in [1.29, 1.82) is 0 Å². The molecule has 138 valence electrons. The van der Waals surface area contributed by atoms with Gasteiger partial charge in [-0.2, -0.15) is 0 Å². The lowest BCUT2D eigenvalue weighted by Gasteiger charge is -2.17. The van der Waals surface area contributed by atoms with E-state index in [9.17, 15) is 4.79 Å². The third kappa shape index (κ3) is 5.05. The molecule has 0 aromatic heterocycles. The largest absolute Gasteiger partial charge is 0.495 e. The quantitative estimate of drug-likeness (QED) is 0.506. The highest BCUT2D eigenvalue weighted by molar-refractivity contribution is 9.11. The summed E-state index contributed by atoms with van der Waals surface area (Å²) in [4.78, 5) is 12.6. The normalized spacial score (nSPS) is 11.6. The van der Waals surface area contributed by atoms with Gasteiger partial charge in [0.15, 0.2) is 5.11 Å². The first-order chi connectivity index (χ1) is 12.4. The summed E-state index contributed by atoms with van der Waals surface area (Å²) in [6, 6.07) is 11.5. The van der Waals surface area contributed by atoms with Crippen LogP contribution in [0.4, 0.5) is 5.69 Å². The third-order valence-electron chi connectivity index (χ3n) is 4.04. The molecule has 1 atom stereocenters. The average Bonchev–Trinajstić information content (AvgIpc) is 2.60. The predicted octanol–water partition coefficient (Wildman–Crippen LogP) is 5.86. The van der Waals surface area contributed by atoms with Crippen LogP contribution in [0, 0.1) is 0 Å². The standard InChI is InChI=1S/C19H20Br2N2O2S/c1-4-11(2)13-7-5-6-8-16(13)22-19(26)23-18(24)14-9-12(20)10-15(21)17(14)25-3/h5-11H,4H2,1-3H3,(H2,22,23,24,26). The maximum absolute atomic E-state index is 12.6. The highest BCUT2D eigenvalue weighted by Crippen LogP contribution is 2.32. The van der Waals surface area contributed by atoms with Gasteiger partial charge in [0.2, 0.25) is 0 Å². The molecule has 0 aliphatic carbocycles. The zero-order valence-corrected chi connectivity index (χ0v) is 18.7. The minimum absolute atomic E-state index is 0.240. The summed E-state index contributed by atoms with van der Waals surface area (Å²) in [7, 11) is 1.52. The molecular formula is C19H20Br2N2O2S. The number of rotatable bonds is 5. The van der Waals surface area contributed by atoms with Gasteiger partial charge < -0.3 is 10.1 Å². The number of thiocarbonyl (C=S) groups is 1. The van der Waals surface area contributed by atoms with Crippen molar-refractivity contribution in [3.63, 3.8) is 0 Å². The number of carbonyl (C=O) groups excluding carboxylic acids is 1. The average molecular weight is 500 g/mol. The van der Waals surface area contributed by atoms with Crippen molar-refractivity contribution in [2.75, 3.05) is 12.4 Å². The lowest BCUT2D eigenvalue weighted by Crippen LogP contribution is -2.34. The fourth-order valence-corrected chi connectivity index (χ4v) is 4.11. The van der Waals surface area contributed by atoms with Crippen LogP contribution < -0.4 is 15.4 Å². The van der Waals surface area contributed by atoms with Crippen LogP contribution in [-0.4, -0.2) is 18.1 Å². The summed E-state index contributed by atoms with van der Waals surface area (Å²) in [6.07, 6.45) is 1.01. The number of nitrogens with one attached hydrogen (secondary N) is 2. The van der Waals surface area contributed by atoms with E-state index in [0.717, 1.165) is 22.1 Å². The van der Waals surface area contributed by atoms with Gasteiger partial charge in [0.05, 0.1) is 17.1 Å². The Bertz CT molecular complexity index is 827. The molecule has 7 heteroatoms. The third-order valence-corrected chi connectivity index (χ3v) is 5.29. The van der Waals surface area contributed by atoms with Crippen molar-refractivity contribution in [3.8, 4) is 5.75 Å². The van der Waals surface area contributed by atoms with Crippen molar-refractivity contribution in [1.82, 2.24) is 5.32 Å². The van der Waals surface area contributed by atoms with E-state index in [4.69, 9.17) is 17.0 Å². The second-order valence-electron chi connectivity index (χ2n) is 5.77. The molecule has 4 nitrogen and oxygen atoms in total. The van der Waals surface area contributed by atoms with Gasteiger partial charge in [0.25, 0.3) is 5.91 Å². The van der Waals surface area contributed by atoms with Gasteiger partial charge in [-0.1, -0.05) is 48.0 Å². The van der Waals surface area contributed by atoms with Gasteiger partial charge in [0.1, 0.15) is 5.75 Å². The maximum Gasteiger partial charge on any atom is 0.261 e. The summed E-state index contributed by atoms with van der Waals surface area (Å²) in [5, 5.41) is 6.09. The summed E-state index contributed by atoms with van der Waals surface area (Å²) in [5.41, 5.74) is 2.44. The minimum Gasteiger partial charge on any atom is -0.495 e. The van der Waals surface area contributed by atoms with Crippen LogP contribution in [-0.2, 0) is 0 Å². The first kappa shape index (κ1) is 20.9.